The molecular formula is C47H30N2Pt. The number of hydrogen-bond acceptors (Lipinski definition) is 2. The molecule has 1 aliphatic carbocycles. The van der Waals surface area contributed by atoms with Crippen LogP contribution in [0.25, 0.3) is 55.9 Å². The first-order valence-corrected chi connectivity index (χ1v) is 16.6. The van der Waals surface area contributed by atoms with Crippen molar-refractivity contribution in [3.63, 3.8) is 0 Å². The molecule has 6 aromatic carbocycles. The van der Waals surface area contributed by atoms with Gasteiger partial charge in [-0.1, -0.05) is 156 Å². The Morgan fingerprint density at radius 1 is 0.360 bits per heavy atom. The van der Waals surface area contributed by atoms with Crippen molar-refractivity contribution < 1.29 is 21.1 Å². The van der Waals surface area contributed by atoms with E-state index in [9.17, 15) is 0 Å². The average Bonchev–Trinajstić information content (AvgIpc) is 3.50. The van der Waals surface area contributed by atoms with Gasteiger partial charge in [-0.25, -0.2) is 0 Å². The molecule has 3 heteroatoms. The molecular weight excluding hydrogens is 788 g/mol. The zero-order valence-corrected chi connectivity index (χ0v) is 29.3. The van der Waals surface area contributed by atoms with E-state index in [-0.39, 0.29) is 21.1 Å². The Morgan fingerprint density at radius 2 is 0.760 bits per heavy atom. The zero-order chi connectivity index (χ0) is 32.6. The number of rotatable bonds is 6. The number of nitrogens with zero attached hydrogens (tertiary/aromatic N) is 2. The van der Waals surface area contributed by atoms with Crippen LogP contribution in [-0.2, 0) is 26.5 Å². The molecule has 0 unspecified atom stereocenters. The van der Waals surface area contributed by atoms with Crippen LogP contribution in [0.1, 0.15) is 22.3 Å². The fourth-order valence-corrected chi connectivity index (χ4v) is 7.53. The van der Waals surface area contributed by atoms with Crippen molar-refractivity contribution in [2.24, 2.45) is 0 Å². The van der Waals surface area contributed by atoms with Crippen LogP contribution in [0.2, 0.25) is 0 Å². The van der Waals surface area contributed by atoms with E-state index in [0.29, 0.717) is 0 Å². The van der Waals surface area contributed by atoms with Crippen LogP contribution in [0.4, 0.5) is 0 Å². The van der Waals surface area contributed by atoms with Gasteiger partial charge < -0.3 is 9.97 Å². The maximum absolute atomic E-state index is 4.84. The molecule has 1 aliphatic rings. The van der Waals surface area contributed by atoms with E-state index in [1.807, 2.05) is 36.7 Å². The molecule has 0 atom stereocenters. The second-order valence-electron chi connectivity index (χ2n) is 12.3. The minimum Gasteiger partial charge on any atom is -0.305 e. The molecule has 2 heterocycles. The summed E-state index contributed by atoms with van der Waals surface area (Å²) in [6, 6.07) is 67.8. The smallest absolute Gasteiger partial charge is 0.305 e. The quantitative estimate of drug-likeness (QED) is 0.156. The third-order valence-electron chi connectivity index (χ3n) is 9.66. The molecule has 0 bridgehead atoms. The van der Waals surface area contributed by atoms with Crippen molar-refractivity contribution in [3.05, 3.63) is 217 Å². The van der Waals surface area contributed by atoms with Gasteiger partial charge in [0, 0.05) is 17.8 Å². The maximum atomic E-state index is 4.84. The monoisotopic (exact) mass is 817 g/mol. The van der Waals surface area contributed by atoms with Crippen LogP contribution >= 0.6 is 0 Å². The molecule has 50 heavy (non-hydrogen) atoms. The Kier molecular flexibility index (Phi) is 8.41. The first-order chi connectivity index (χ1) is 24.3. The van der Waals surface area contributed by atoms with E-state index in [1.54, 1.807) is 0 Å². The minimum atomic E-state index is -0.704. The van der Waals surface area contributed by atoms with Gasteiger partial charge in [-0.05, 0) is 45.8 Å². The third kappa shape index (κ3) is 5.16. The van der Waals surface area contributed by atoms with Gasteiger partial charge in [0.1, 0.15) is 0 Å². The van der Waals surface area contributed by atoms with Crippen molar-refractivity contribution in [1.82, 2.24) is 9.97 Å². The van der Waals surface area contributed by atoms with Crippen LogP contribution in [0.5, 0.6) is 0 Å². The summed E-state index contributed by atoms with van der Waals surface area (Å²) in [5.74, 6) is 0. The molecule has 2 nitrogen and oxygen atoms in total. The van der Waals surface area contributed by atoms with Gasteiger partial charge in [-0.3, -0.25) is 0 Å². The van der Waals surface area contributed by atoms with E-state index in [2.05, 4.69) is 158 Å². The average molecular weight is 818 g/mol. The third-order valence-corrected chi connectivity index (χ3v) is 9.66. The molecule has 0 aliphatic heterocycles. The topological polar surface area (TPSA) is 25.8 Å². The van der Waals surface area contributed by atoms with E-state index in [0.717, 1.165) is 55.9 Å². The number of fused-ring (bicyclic) bond motifs is 3. The van der Waals surface area contributed by atoms with Crippen LogP contribution < -0.4 is 0 Å². The fraction of sp³-hybridized carbons (Fsp3) is 0.0213. The Bertz CT molecular complexity index is 2250. The van der Waals surface area contributed by atoms with Crippen LogP contribution in [0, 0.1) is 12.1 Å². The Hall–Kier alpha value is -5.69. The van der Waals surface area contributed by atoms with Gasteiger partial charge in [-0.15, -0.1) is 58.7 Å². The molecule has 0 saturated heterocycles. The van der Waals surface area contributed by atoms with Crippen LogP contribution in [-0.4, -0.2) is 9.97 Å². The zero-order valence-electron chi connectivity index (χ0n) is 27.0. The van der Waals surface area contributed by atoms with Gasteiger partial charge in [-0.2, -0.15) is 0 Å². The predicted molar refractivity (Wildman–Crippen MR) is 199 cm³/mol. The molecule has 8 aromatic rings. The van der Waals surface area contributed by atoms with Crippen molar-refractivity contribution in [3.8, 4) is 55.9 Å². The largest absolute Gasteiger partial charge is 2.00 e. The predicted octanol–water partition coefficient (Wildman–Crippen LogP) is 11.1. The van der Waals surface area contributed by atoms with Gasteiger partial charge in [0.2, 0.25) is 0 Å². The molecule has 0 fully saturated rings. The van der Waals surface area contributed by atoms with E-state index < -0.39 is 5.41 Å². The molecule has 2 aromatic heterocycles. The fourth-order valence-electron chi connectivity index (χ4n) is 7.53. The maximum Gasteiger partial charge on any atom is 2.00 e. The first kappa shape index (κ1) is 31.6. The van der Waals surface area contributed by atoms with Gasteiger partial charge in [0.25, 0.3) is 0 Å². The summed E-state index contributed by atoms with van der Waals surface area (Å²) < 4.78 is 0. The standard InChI is InChI=1S/C47H30N2.Pt/c1-3-15-33(16-4-1)37-27-25-35(31-41(37)45-23-11-13-29-48-45)47(43-21-9-7-19-39(43)40-20-8-10-22-44(40)47)36-26-28-38(34-17-5-2-6-18-34)42(32-36)46-24-12-14-30-49-46;/h1-30H;/q-2;+2. The minimum absolute atomic E-state index is 0. The van der Waals surface area contributed by atoms with Crippen molar-refractivity contribution in [2.75, 3.05) is 0 Å². The van der Waals surface area contributed by atoms with Crippen molar-refractivity contribution >= 4 is 0 Å². The molecule has 238 valence electrons. The summed E-state index contributed by atoms with van der Waals surface area (Å²) in [7, 11) is 0. The number of benzene rings is 6. The summed E-state index contributed by atoms with van der Waals surface area (Å²) in [6.07, 6.45) is 3.71. The van der Waals surface area contributed by atoms with E-state index in [1.165, 1.54) is 22.3 Å². The SMILES string of the molecule is [Pt+2].[c-]1c(C2(c3[c-]c(-c4ccccn4)c(-c4ccccc4)cc3)c3ccccc3-c3ccccc32)ccc(-c2ccccc2)c1-c1ccccn1. The van der Waals surface area contributed by atoms with Crippen molar-refractivity contribution in [2.45, 2.75) is 5.41 Å². The molecule has 0 N–H and O–H groups in total. The molecule has 0 spiro atoms. The number of aromatic nitrogens is 2. The Labute approximate surface area is 307 Å². The summed E-state index contributed by atoms with van der Waals surface area (Å²) >= 11 is 0. The van der Waals surface area contributed by atoms with Crippen molar-refractivity contribution in [1.29, 1.82) is 0 Å². The summed E-state index contributed by atoms with van der Waals surface area (Å²) in [6.45, 7) is 0. The Balaban J connectivity index is 0.00000361. The van der Waals surface area contributed by atoms with Gasteiger partial charge >= 0.3 is 21.1 Å². The summed E-state index contributed by atoms with van der Waals surface area (Å²) in [5, 5.41) is 0. The van der Waals surface area contributed by atoms with E-state index in [4.69, 9.17) is 9.97 Å². The second-order valence-corrected chi connectivity index (χ2v) is 12.3. The van der Waals surface area contributed by atoms with E-state index >= 15 is 0 Å². The number of pyridine rings is 2. The summed E-state index contributed by atoms with van der Waals surface area (Å²) in [5.41, 5.74) is 14.4. The summed E-state index contributed by atoms with van der Waals surface area (Å²) in [4.78, 5) is 9.68. The number of hydrogen-bond donors (Lipinski definition) is 0. The van der Waals surface area contributed by atoms with Gasteiger partial charge in [0.05, 0.1) is 0 Å². The normalized spacial score (nSPS) is 12.4. The van der Waals surface area contributed by atoms with Gasteiger partial charge in [0.15, 0.2) is 0 Å². The molecule has 9 rings (SSSR count). The van der Waals surface area contributed by atoms with Crippen LogP contribution in [0.15, 0.2) is 182 Å². The second kappa shape index (κ2) is 13.3. The molecule has 0 amide bonds. The molecule has 0 radical (unpaired) electrons. The Morgan fingerprint density at radius 3 is 1.18 bits per heavy atom. The van der Waals surface area contributed by atoms with Crippen LogP contribution in [0.3, 0.4) is 0 Å². The molecule has 0 saturated carbocycles. The first-order valence-electron chi connectivity index (χ1n) is 16.6.